The number of ether oxygens (including phenoxy) is 1. The molecule has 148 valence electrons. The molecule has 1 atom stereocenters. The number of halogens is 1. The highest BCUT2D eigenvalue weighted by Crippen LogP contribution is 2.45. The Morgan fingerprint density at radius 2 is 1.67 bits per heavy atom. The molecule has 5 nitrogen and oxygen atoms in total. The Balaban J connectivity index is 1.69. The molecule has 3 aromatic carbocycles. The number of rotatable bonds is 4. The van der Waals surface area contributed by atoms with Crippen LogP contribution in [0.3, 0.4) is 0 Å². The van der Waals surface area contributed by atoms with Crippen LogP contribution in [0.1, 0.15) is 27.7 Å². The lowest BCUT2D eigenvalue weighted by Gasteiger charge is -2.26. The quantitative estimate of drug-likeness (QED) is 0.432. The minimum absolute atomic E-state index is 0.0894. The Hall–Kier alpha value is -3.38. The summed E-state index contributed by atoms with van der Waals surface area (Å²) in [6.07, 6.45) is 0. The van der Waals surface area contributed by atoms with Crippen LogP contribution in [0.4, 0.5) is 5.69 Å². The number of nitrogens with one attached hydrogen (secondary N) is 1. The average Bonchev–Trinajstić information content (AvgIpc) is 3.34. The number of aromatic nitrogens is 2. The van der Waals surface area contributed by atoms with Gasteiger partial charge in [0.1, 0.15) is 11.4 Å². The molecule has 5 rings (SSSR count). The number of carbonyl (C=O) groups is 1. The third-order valence-corrected chi connectivity index (χ3v) is 5.88. The van der Waals surface area contributed by atoms with Gasteiger partial charge < -0.3 is 4.74 Å². The fourth-order valence-corrected chi connectivity index (χ4v) is 4.20. The third-order valence-electron chi connectivity index (χ3n) is 5.35. The van der Waals surface area contributed by atoms with E-state index >= 15 is 0 Å². The van der Waals surface area contributed by atoms with Gasteiger partial charge in [-0.1, -0.05) is 46.3 Å². The highest BCUT2D eigenvalue weighted by Gasteiger charge is 2.42. The van der Waals surface area contributed by atoms with Crippen molar-refractivity contribution in [3.05, 3.63) is 100 Å². The standard InChI is InChI=1S/C24H18BrN3O2/c1-30-19-13-7-15(8-14-19)21-20-22(27-26-21)24(29)28(18-11-9-17(25)10-12-18)23(20)16-5-3-2-4-6-16/h2-14,23H,1H3,(H,26,27)/t23-/m0/s1. The maximum atomic E-state index is 13.4. The lowest BCUT2D eigenvalue weighted by molar-refractivity contribution is 0.0989. The van der Waals surface area contributed by atoms with Gasteiger partial charge in [0.2, 0.25) is 0 Å². The van der Waals surface area contributed by atoms with Crippen molar-refractivity contribution in [1.29, 1.82) is 0 Å². The van der Waals surface area contributed by atoms with Crippen LogP contribution in [0.15, 0.2) is 83.3 Å². The molecule has 0 radical (unpaired) electrons. The van der Waals surface area contributed by atoms with E-state index in [2.05, 4.69) is 26.1 Å². The highest BCUT2D eigenvalue weighted by atomic mass is 79.9. The summed E-state index contributed by atoms with van der Waals surface area (Å²) in [5.74, 6) is 0.687. The molecular weight excluding hydrogens is 442 g/mol. The summed E-state index contributed by atoms with van der Waals surface area (Å²) >= 11 is 3.47. The van der Waals surface area contributed by atoms with Crippen LogP contribution < -0.4 is 9.64 Å². The fraction of sp³-hybridized carbons (Fsp3) is 0.0833. The number of fused-ring (bicyclic) bond motifs is 1. The first-order chi connectivity index (χ1) is 14.7. The van der Waals surface area contributed by atoms with E-state index in [1.807, 2.05) is 83.8 Å². The minimum Gasteiger partial charge on any atom is -0.497 e. The SMILES string of the molecule is COc1ccc(-c2n[nH]c3c2[C@H](c2ccccc2)N(c2ccc(Br)cc2)C3=O)cc1. The molecule has 1 aromatic heterocycles. The van der Waals surface area contributed by atoms with E-state index < -0.39 is 0 Å². The van der Waals surface area contributed by atoms with Crippen molar-refractivity contribution in [2.24, 2.45) is 0 Å². The summed E-state index contributed by atoms with van der Waals surface area (Å²) in [5, 5.41) is 7.50. The summed E-state index contributed by atoms with van der Waals surface area (Å²) in [4.78, 5) is 15.3. The van der Waals surface area contributed by atoms with Crippen LogP contribution in [-0.4, -0.2) is 23.2 Å². The lowest BCUT2D eigenvalue weighted by atomic mass is 9.96. The molecule has 0 unspecified atom stereocenters. The Labute approximate surface area is 182 Å². The van der Waals surface area contributed by atoms with Crippen molar-refractivity contribution in [3.8, 4) is 17.0 Å². The molecule has 6 heteroatoms. The largest absolute Gasteiger partial charge is 0.497 e. The van der Waals surface area contributed by atoms with Crippen LogP contribution in [0.5, 0.6) is 5.75 Å². The van der Waals surface area contributed by atoms with E-state index in [-0.39, 0.29) is 11.9 Å². The zero-order valence-electron chi connectivity index (χ0n) is 16.2. The molecular formula is C24H18BrN3O2. The number of H-pyrrole nitrogens is 1. The second kappa shape index (κ2) is 7.46. The van der Waals surface area contributed by atoms with E-state index in [1.165, 1.54) is 0 Å². The van der Waals surface area contributed by atoms with Crippen molar-refractivity contribution in [3.63, 3.8) is 0 Å². The van der Waals surface area contributed by atoms with E-state index in [1.54, 1.807) is 7.11 Å². The molecule has 0 fully saturated rings. The van der Waals surface area contributed by atoms with Gasteiger partial charge in [-0.2, -0.15) is 5.10 Å². The minimum atomic E-state index is -0.272. The molecule has 0 aliphatic carbocycles. The number of anilines is 1. The molecule has 0 bridgehead atoms. The van der Waals surface area contributed by atoms with Crippen molar-refractivity contribution < 1.29 is 9.53 Å². The second-order valence-corrected chi connectivity index (χ2v) is 7.97. The number of methoxy groups -OCH3 is 1. The molecule has 4 aromatic rings. The monoisotopic (exact) mass is 459 g/mol. The van der Waals surface area contributed by atoms with Crippen LogP contribution in [0.25, 0.3) is 11.3 Å². The molecule has 0 saturated carbocycles. The number of hydrogen-bond acceptors (Lipinski definition) is 3. The average molecular weight is 460 g/mol. The van der Waals surface area contributed by atoms with E-state index in [0.29, 0.717) is 5.69 Å². The van der Waals surface area contributed by atoms with Crippen molar-refractivity contribution >= 4 is 27.5 Å². The topological polar surface area (TPSA) is 58.2 Å². The van der Waals surface area contributed by atoms with Crippen LogP contribution >= 0.6 is 15.9 Å². The van der Waals surface area contributed by atoms with E-state index in [0.717, 1.165) is 38.3 Å². The summed E-state index contributed by atoms with van der Waals surface area (Å²) in [7, 11) is 1.64. The Morgan fingerprint density at radius 3 is 2.33 bits per heavy atom. The van der Waals surface area contributed by atoms with E-state index in [9.17, 15) is 4.79 Å². The van der Waals surface area contributed by atoms with Gasteiger partial charge in [-0.15, -0.1) is 0 Å². The predicted molar refractivity (Wildman–Crippen MR) is 120 cm³/mol. The van der Waals surface area contributed by atoms with Gasteiger partial charge in [0, 0.05) is 21.3 Å². The summed E-state index contributed by atoms with van der Waals surface area (Å²) < 4.78 is 6.24. The molecule has 0 saturated heterocycles. The van der Waals surface area contributed by atoms with Crippen molar-refractivity contribution in [2.45, 2.75) is 6.04 Å². The fourth-order valence-electron chi connectivity index (χ4n) is 3.93. The van der Waals surface area contributed by atoms with Crippen molar-refractivity contribution in [1.82, 2.24) is 10.2 Å². The van der Waals surface area contributed by atoms with Gasteiger partial charge in [0.15, 0.2) is 0 Å². The number of benzene rings is 3. The molecule has 1 N–H and O–H groups in total. The number of hydrogen-bond donors (Lipinski definition) is 1. The maximum absolute atomic E-state index is 13.4. The molecule has 1 aliphatic rings. The first-order valence-electron chi connectivity index (χ1n) is 9.54. The summed E-state index contributed by atoms with van der Waals surface area (Å²) in [5.41, 5.74) is 4.98. The van der Waals surface area contributed by atoms with Gasteiger partial charge in [-0.25, -0.2) is 0 Å². The molecule has 1 amide bonds. The smallest absolute Gasteiger partial charge is 0.277 e. The van der Waals surface area contributed by atoms with Gasteiger partial charge >= 0.3 is 0 Å². The van der Waals surface area contributed by atoms with Gasteiger partial charge in [-0.05, 0) is 54.1 Å². The number of amides is 1. The molecule has 1 aliphatic heterocycles. The lowest BCUT2D eigenvalue weighted by Crippen LogP contribution is -2.29. The Kier molecular flexibility index (Phi) is 4.64. The highest BCUT2D eigenvalue weighted by molar-refractivity contribution is 9.10. The van der Waals surface area contributed by atoms with Gasteiger partial charge in [0.25, 0.3) is 5.91 Å². The maximum Gasteiger partial charge on any atom is 0.277 e. The zero-order chi connectivity index (χ0) is 20.7. The Morgan fingerprint density at radius 1 is 0.967 bits per heavy atom. The van der Waals surface area contributed by atoms with Gasteiger partial charge in [-0.3, -0.25) is 14.8 Å². The van der Waals surface area contributed by atoms with Gasteiger partial charge in [0.05, 0.1) is 18.8 Å². The van der Waals surface area contributed by atoms with Crippen LogP contribution in [-0.2, 0) is 0 Å². The number of nitrogens with zero attached hydrogens (tertiary/aromatic N) is 2. The summed E-state index contributed by atoms with van der Waals surface area (Å²) in [6.45, 7) is 0. The van der Waals surface area contributed by atoms with Crippen LogP contribution in [0, 0.1) is 0 Å². The Bertz CT molecular complexity index is 1200. The number of carbonyl (C=O) groups excluding carboxylic acids is 1. The molecule has 30 heavy (non-hydrogen) atoms. The van der Waals surface area contributed by atoms with Crippen molar-refractivity contribution in [2.75, 3.05) is 12.0 Å². The molecule has 0 spiro atoms. The molecule has 2 heterocycles. The normalized spacial score (nSPS) is 15.3. The second-order valence-electron chi connectivity index (χ2n) is 7.05. The first-order valence-corrected chi connectivity index (χ1v) is 10.3. The summed E-state index contributed by atoms with van der Waals surface area (Å²) in [6, 6.07) is 25.3. The number of aromatic amines is 1. The van der Waals surface area contributed by atoms with E-state index in [4.69, 9.17) is 4.74 Å². The zero-order valence-corrected chi connectivity index (χ0v) is 17.8. The van der Waals surface area contributed by atoms with Crippen LogP contribution in [0.2, 0.25) is 0 Å². The predicted octanol–water partition coefficient (Wildman–Crippen LogP) is 5.60. The first kappa shape index (κ1) is 18.6. The third kappa shape index (κ3) is 3.00.